The summed E-state index contributed by atoms with van der Waals surface area (Å²) in [4.78, 5) is 34.4. The summed E-state index contributed by atoms with van der Waals surface area (Å²) in [6, 6.07) is 8.54. The number of carbonyl (C=O) groups is 3. The van der Waals surface area contributed by atoms with Crippen LogP contribution in [0, 0.1) is 0 Å². The van der Waals surface area contributed by atoms with E-state index in [0.717, 1.165) is 39.3 Å². The Morgan fingerprint density at radius 3 is 2.39 bits per heavy atom. The molecule has 0 spiro atoms. The van der Waals surface area contributed by atoms with Crippen LogP contribution in [0.2, 0.25) is 0 Å². The second-order valence-electron chi connectivity index (χ2n) is 7.54. The SMILES string of the molecule is CC(=O)Nc1ccc(OCc2cc(C(=O)NCCCN3CCOCC3)no2)cc1.O=C(O)C(F)(F)F. The summed E-state index contributed by atoms with van der Waals surface area (Å²) in [5.41, 5.74) is 0.924. The Hall–Kier alpha value is -3.65. The van der Waals surface area contributed by atoms with Crippen molar-refractivity contribution in [3.63, 3.8) is 0 Å². The molecule has 0 aliphatic carbocycles. The number of hydrogen-bond acceptors (Lipinski definition) is 8. The van der Waals surface area contributed by atoms with Gasteiger partial charge in [-0.25, -0.2) is 4.79 Å². The Balaban J connectivity index is 0.000000572. The fraction of sp³-hybridized carbons (Fsp3) is 0.455. The van der Waals surface area contributed by atoms with Crippen LogP contribution in [0.3, 0.4) is 0 Å². The number of halogens is 3. The van der Waals surface area contributed by atoms with Crippen LogP contribution in [-0.4, -0.2) is 78.5 Å². The van der Waals surface area contributed by atoms with Crippen molar-refractivity contribution in [2.75, 3.05) is 44.7 Å². The molecule has 1 aliphatic rings. The number of rotatable bonds is 9. The molecule has 198 valence electrons. The van der Waals surface area contributed by atoms with Crippen molar-refractivity contribution in [3.05, 3.63) is 41.8 Å². The molecule has 1 saturated heterocycles. The van der Waals surface area contributed by atoms with E-state index in [-0.39, 0.29) is 24.1 Å². The first-order valence-corrected chi connectivity index (χ1v) is 10.9. The van der Waals surface area contributed by atoms with E-state index in [4.69, 9.17) is 23.9 Å². The molecule has 1 aromatic heterocycles. The Labute approximate surface area is 204 Å². The van der Waals surface area contributed by atoms with Gasteiger partial charge in [0.05, 0.1) is 13.2 Å². The molecule has 2 heterocycles. The van der Waals surface area contributed by atoms with Crippen LogP contribution in [0.4, 0.5) is 18.9 Å². The summed E-state index contributed by atoms with van der Waals surface area (Å²) < 4.78 is 47.8. The zero-order chi connectivity index (χ0) is 26.6. The van der Waals surface area contributed by atoms with Crippen molar-refractivity contribution < 1.29 is 46.7 Å². The molecule has 0 atom stereocenters. The third kappa shape index (κ3) is 10.7. The van der Waals surface area contributed by atoms with Crippen LogP contribution >= 0.6 is 0 Å². The standard InChI is InChI=1S/C20H26N4O5.C2HF3O2/c1-15(25)22-16-3-5-17(6-4-16)28-14-18-13-19(23-29-18)20(26)21-7-2-8-24-9-11-27-12-10-24;3-2(4,5)1(6)7/h3-6,13H,2,7-12,14H2,1H3,(H,21,26)(H,22,25);(H,6,7). The van der Waals surface area contributed by atoms with Crippen molar-refractivity contribution in [2.45, 2.75) is 26.1 Å². The smallest absolute Gasteiger partial charge is 0.486 e. The number of hydrogen-bond donors (Lipinski definition) is 3. The molecule has 14 heteroatoms. The highest BCUT2D eigenvalue weighted by Gasteiger charge is 2.38. The molecule has 11 nitrogen and oxygen atoms in total. The van der Waals surface area contributed by atoms with Crippen molar-refractivity contribution in [3.8, 4) is 5.75 Å². The molecule has 36 heavy (non-hydrogen) atoms. The largest absolute Gasteiger partial charge is 0.490 e. The van der Waals surface area contributed by atoms with Gasteiger partial charge in [-0.15, -0.1) is 0 Å². The zero-order valence-corrected chi connectivity index (χ0v) is 19.5. The highest BCUT2D eigenvalue weighted by molar-refractivity contribution is 5.92. The van der Waals surface area contributed by atoms with E-state index < -0.39 is 12.1 Å². The number of aliphatic carboxylic acids is 1. The van der Waals surface area contributed by atoms with Crippen LogP contribution in [0.15, 0.2) is 34.9 Å². The maximum absolute atomic E-state index is 12.2. The number of anilines is 1. The second-order valence-corrected chi connectivity index (χ2v) is 7.54. The quantitative estimate of drug-likeness (QED) is 0.428. The van der Waals surface area contributed by atoms with Crippen LogP contribution in [0.5, 0.6) is 5.75 Å². The van der Waals surface area contributed by atoms with Crippen LogP contribution in [0.25, 0.3) is 0 Å². The lowest BCUT2D eigenvalue weighted by Crippen LogP contribution is -2.38. The topological polar surface area (TPSA) is 143 Å². The van der Waals surface area contributed by atoms with E-state index in [1.807, 2.05) is 0 Å². The van der Waals surface area contributed by atoms with E-state index >= 15 is 0 Å². The van der Waals surface area contributed by atoms with Gasteiger partial charge in [-0.1, -0.05) is 5.16 Å². The Morgan fingerprint density at radius 1 is 1.17 bits per heavy atom. The lowest BCUT2D eigenvalue weighted by molar-refractivity contribution is -0.192. The molecule has 1 fully saturated rings. The van der Waals surface area contributed by atoms with Gasteiger partial charge in [-0.05, 0) is 37.2 Å². The molecule has 0 unspecified atom stereocenters. The number of nitrogens with zero attached hydrogens (tertiary/aromatic N) is 2. The minimum absolute atomic E-state index is 0.132. The average molecular weight is 516 g/mol. The number of aromatic nitrogens is 1. The zero-order valence-electron chi connectivity index (χ0n) is 19.5. The van der Waals surface area contributed by atoms with E-state index in [0.29, 0.717) is 23.7 Å². The number of nitrogens with one attached hydrogen (secondary N) is 2. The molecule has 0 saturated carbocycles. The second kappa shape index (κ2) is 14.0. The Kier molecular flexibility index (Phi) is 11.1. The minimum atomic E-state index is -5.08. The van der Waals surface area contributed by atoms with Crippen LogP contribution < -0.4 is 15.4 Å². The third-order valence-electron chi connectivity index (χ3n) is 4.63. The van der Waals surface area contributed by atoms with Crippen molar-refractivity contribution in [2.24, 2.45) is 0 Å². The van der Waals surface area contributed by atoms with Gasteiger partial charge in [0.25, 0.3) is 5.91 Å². The minimum Gasteiger partial charge on any atom is -0.486 e. The lowest BCUT2D eigenvalue weighted by atomic mass is 10.3. The highest BCUT2D eigenvalue weighted by atomic mass is 19.4. The lowest BCUT2D eigenvalue weighted by Gasteiger charge is -2.26. The van der Waals surface area contributed by atoms with Gasteiger partial charge < -0.3 is 29.7 Å². The first-order valence-electron chi connectivity index (χ1n) is 10.9. The highest BCUT2D eigenvalue weighted by Crippen LogP contribution is 2.17. The summed E-state index contributed by atoms with van der Waals surface area (Å²) in [6.07, 6.45) is -4.21. The number of ether oxygens (including phenoxy) is 2. The molecule has 0 radical (unpaired) electrons. The van der Waals surface area contributed by atoms with Gasteiger partial charge in [0.15, 0.2) is 11.5 Å². The van der Waals surface area contributed by atoms with E-state index in [2.05, 4.69) is 20.7 Å². The maximum Gasteiger partial charge on any atom is 0.490 e. The number of carbonyl (C=O) groups excluding carboxylic acids is 2. The van der Waals surface area contributed by atoms with Gasteiger partial charge in [0.1, 0.15) is 12.4 Å². The van der Waals surface area contributed by atoms with Gasteiger partial charge in [-0.3, -0.25) is 14.5 Å². The number of carboxylic acid groups (broad SMARTS) is 1. The maximum atomic E-state index is 12.2. The molecule has 0 bridgehead atoms. The summed E-state index contributed by atoms with van der Waals surface area (Å²) in [5, 5.41) is 16.5. The fourth-order valence-electron chi connectivity index (χ4n) is 2.90. The predicted molar refractivity (Wildman–Crippen MR) is 119 cm³/mol. The van der Waals surface area contributed by atoms with Crippen LogP contribution in [0.1, 0.15) is 29.6 Å². The number of alkyl halides is 3. The summed E-state index contributed by atoms with van der Waals surface area (Å²) in [7, 11) is 0. The van der Waals surface area contributed by atoms with Gasteiger partial charge in [0, 0.05) is 38.3 Å². The Bertz CT molecular complexity index is 990. The average Bonchev–Trinajstić information content (AvgIpc) is 3.31. The number of carboxylic acids is 1. The molecular weight excluding hydrogens is 489 g/mol. The van der Waals surface area contributed by atoms with E-state index in [9.17, 15) is 22.8 Å². The molecule has 2 amide bonds. The first-order chi connectivity index (χ1) is 17.0. The van der Waals surface area contributed by atoms with Crippen molar-refractivity contribution in [1.82, 2.24) is 15.4 Å². The third-order valence-corrected chi connectivity index (χ3v) is 4.63. The molecule has 3 N–H and O–H groups in total. The van der Waals surface area contributed by atoms with Gasteiger partial charge in [-0.2, -0.15) is 13.2 Å². The van der Waals surface area contributed by atoms with Crippen molar-refractivity contribution >= 4 is 23.5 Å². The fourth-order valence-corrected chi connectivity index (χ4v) is 2.90. The molecule has 2 aromatic rings. The molecule has 1 aromatic carbocycles. The van der Waals surface area contributed by atoms with Crippen molar-refractivity contribution in [1.29, 1.82) is 0 Å². The summed E-state index contributed by atoms with van der Waals surface area (Å²) in [6.45, 7) is 6.54. The first kappa shape index (κ1) is 28.6. The summed E-state index contributed by atoms with van der Waals surface area (Å²) in [5.74, 6) is -2.08. The van der Waals surface area contributed by atoms with E-state index in [1.165, 1.54) is 6.92 Å². The van der Waals surface area contributed by atoms with Crippen LogP contribution in [-0.2, 0) is 20.9 Å². The monoisotopic (exact) mass is 516 g/mol. The Morgan fingerprint density at radius 2 is 1.81 bits per heavy atom. The normalized spacial score (nSPS) is 13.8. The number of benzene rings is 1. The van der Waals surface area contributed by atoms with E-state index in [1.54, 1.807) is 30.3 Å². The summed E-state index contributed by atoms with van der Waals surface area (Å²) >= 11 is 0. The van der Waals surface area contributed by atoms with Gasteiger partial charge >= 0.3 is 12.1 Å². The molecule has 1 aliphatic heterocycles. The predicted octanol–water partition coefficient (Wildman–Crippen LogP) is 2.30. The number of morpholine rings is 1. The molecule has 3 rings (SSSR count). The van der Waals surface area contributed by atoms with Gasteiger partial charge in [0.2, 0.25) is 5.91 Å². The molecular formula is C22H27F3N4O7. The number of amides is 2.